The van der Waals surface area contributed by atoms with Crippen molar-refractivity contribution >= 4 is 21.4 Å². The Hall–Kier alpha value is -2.71. The monoisotopic (exact) mass is 371 g/mol. The summed E-state index contributed by atoms with van der Waals surface area (Å²) in [4.78, 5) is 10.6. The van der Waals surface area contributed by atoms with E-state index < -0.39 is 14.9 Å². The minimum absolute atomic E-state index is 0.0105. The fraction of sp³-hybridized carbons (Fsp3) is 0.222. The summed E-state index contributed by atoms with van der Waals surface area (Å²) in [6.07, 6.45) is 5.03. The first kappa shape index (κ1) is 16.7. The number of allylic oxidation sites excluding steroid dienone is 2. The van der Waals surface area contributed by atoms with Crippen LogP contribution >= 0.6 is 0 Å². The Labute approximate surface area is 150 Å². The third-order valence-electron chi connectivity index (χ3n) is 5.13. The summed E-state index contributed by atoms with van der Waals surface area (Å²) in [5.41, 5.74) is 2.79. The second-order valence-electron chi connectivity index (χ2n) is 6.62. The van der Waals surface area contributed by atoms with Crippen LogP contribution in [0.3, 0.4) is 0 Å². The van der Waals surface area contributed by atoms with E-state index >= 15 is 0 Å². The molecule has 7 nitrogen and oxygen atoms in total. The smallest absolute Gasteiger partial charge is 0.269 e. The molecule has 0 spiro atoms. The maximum Gasteiger partial charge on any atom is 0.269 e. The second-order valence-corrected chi connectivity index (χ2v) is 8.18. The lowest BCUT2D eigenvalue weighted by Crippen LogP contribution is -2.29. The molecule has 134 valence electrons. The predicted octanol–water partition coefficient (Wildman–Crippen LogP) is 3.07. The lowest BCUT2D eigenvalue weighted by atomic mass is 9.77. The van der Waals surface area contributed by atoms with E-state index in [1.165, 1.54) is 18.2 Å². The first-order valence-corrected chi connectivity index (χ1v) is 9.73. The van der Waals surface area contributed by atoms with Crippen molar-refractivity contribution in [1.29, 1.82) is 0 Å². The predicted molar refractivity (Wildman–Crippen MR) is 97.3 cm³/mol. The number of sulfonamides is 1. The summed E-state index contributed by atoms with van der Waals surface area (Å²) in [5, 5.41) is 19.6. The van der Waals surface area contributed by atoms with E-state index in [0.717, 1.165) is 23.2 Å². The van der Waals surface area contributed by atoms with Crippen LogP contribution in [0.15, 0.2) is 59.5 Å². The summed E-state index contributed by atoms with van der Waals surface area (Å²) in [7, 11) is -3.76. The Morgan fingerprint density at radius 3 is 2.54 bits per heavy atom. The molecule has 0 saturated carbocycles. The number of hydrogen-bond donors (Lipinski definition) is 2. The first-order valence-electron chi connectivity index (χ1n) is 8.19. The van der Waals surface area contributed by atoms with Crippen LogP contribution in [0.2, 0.25) is 0 Å². The number of nitrogens with one attached hydrogen (secondary N) is 1. The average molecular weight is 371 g/mol. The van der Waals surface area contributed by atoms with Gasteiger partial charge in [0.25, 0.3) is 5.69 Å². The third-order valence-corrected chi connectivity index (χ3v) is 6.04. The van der Waals surface area contributed by atoms with Crippen molar-refractivity contribution in [3.05, 3.63) is 75.9 Å². The highest BCUT2D eigenvalue weighted by Gasteiger charge is 2.38. The topological polar surface area (TPSA) is 115 Å². The fourth-order valence-corrected chi connectivity index (χ4v) is 4.43. The highest BCUT2D eigenvalue weighted by Crippen LogP contribution is 2.50. The van der Waals surface area contributed by atoms with Gasteiger partial charge in [-0.3, -0.25) is 10.1 Å². The number of anilines is 1. The van der Waals surface area contributed by atoms with E-state index in [1.807, 2.05) is 0 Å². The Bertz CT molecular complexity index is 1020. The van der Waals surface area contributed by atoms with Gasteiger partial charge in [0.05, 0.1) is 15.9 Å². The van der Waals surface area contributed by atoms with Gasteiger partial charge in [0.2, 0.25) is 10.0 Å². The minimum Gasteiger partial charge on any atom is -0.378 e. The molecule has 1 aliphatic heterocycles. The Kier molecular flexibility index (Phi) is 3.82. The van der Waals surface area contributed by atoms with Crippen molar-refractivity contribution < 1.29 is 13.3 Å². The van der Waals surface area contributed by atoms with Crippen molar-refractivity contribution in [1.82, 2.24) is 0 Å². The van der Waals surface area contributed by atoms with Gasteiger partial charge in [-0.1, -0.05) is 24.3 Å². The van der Waals surface area contributed by atoms with Crippen LogP contribution in [0.4, 0.5) is 11.4 Å². The Morgan fingerprint density at radius 2 is 1.88 bits per heavy atom. The first-order chi connectivity index (χ1) is 12.3. The van der Waals surface area contributed by atoms with Gasteiger partial charge in [-0.05, 0) is 41.7 Å². The van der Waals surface area contributed by atoms with Gasteiger partial charge in [0.15, 0.2) is 0 Å². The molecular weight excluding hydrogens is 354 g/mol. The van der Waals surface area contributed by atoms with E-state index in [-0.39, 0.29) is 28.5 Å². The summed E-state index contributed by atoms with van der Waals surface area (Å²) in [5.74, 6) is 0.285. The number of primary sulfonamides is 1. The van der Waals surface area contributed by atoms with Crippen LogP contribution in [0.1, 0.15) is 29.5 Å². The zero-order chi connectivity index (χ0) is 18.5. The Balaban J connectivity index is 1.74. The molecule has 3 N–H and O–H groups in total. The summed E-state index contributed by atoms with van der Waals surface area (Å²) < 4.78 is 23.3. The van der Waals surface area contributed by atoms with Crippen LogP contribution in [0.25, 0.3) is 0 Å². The average Bonchev–Trinajstić information content (AvgIpc) is 3.10. The second kappa shape index (κ2) is 5.93. The molecule has 0 fully saturated rings. The van der Waals surface area contributed by atoms with Gasteiger partial charge < -0.3 is 5.32 Å². The van der Waals surface area contributed by atoms with Crippen LogP contribution < -0.4 is 10.5 Å². The fourth-order valence-electron chi connectivity index (χ4n) is 3.88. The number of benzene rings is 2. The number of nitro benzene ring substituents is 1. The molecule has 4 rings (SSSR count). The van der Waals surface area contributed by atoms with Gasteiger partial charge in [0.1, 0.15) is 0 Å². The molecular formula is C18H17N3O4S. The molecule has 0 radical (unpaired) electrons. The number of nitrogens with two attached hydrogens (primary N) is 1. The van der Waals surface area contributed by atoms with Gasteiger partial charge in [-0.25, -0.2) is 13.6 Å². The maximum atomic E-state index is 11.7. The summed E-state index contributed by atoms with van der Waals surface area (Å²) in [6.45, 7) is 0. The van der Waals surface area contributed by atoms with Crippen LogP contribution in [0, 0.1) is 16.0 Å². The molecule has 0 bridgehead atoms. The highest BCUT2D eigenvalue weighted by molar-refractivity contribution is 7.89. The molecule has 2 aliphatic rings. The number of nitro groups is 1. The van der Waals surface area contributed by atoms with E-state index in [9.17, 15) is 18.5 Å². The number of non-ortho nitro benzene ring substituents is 1. The molecule has 1 aliphatic carbocycles. The van der Waals surface area contributed by atoms with Gasteiger partial charge in [-0.2, -0.15) is 0 Å². The number of rotatable bonds is 3. The van der Waals surface area contributed by atoms with Gasteiger partial charge in [-0.15, -0.1) is 0 Å². The molecule has 0 saturated heterocycles. The maximum absolute atomic E-state index is 11.7. The van der Waals surface area contributed by atoms with Crippen LogP contribution in [-0.4, -0.2) is 13.3 Å². The third kappa shape index (κ3) is 2.77. The molecule has 1 heterocycles. The van der Waals surface area contributed by atoms with Gasteiger partial charge >= 0.3 is 0 Å². The largest absolute Gasteiger partial charge is 0.378 e. The number of hydrogen-bond acceptors (Lipinski definition) is 5. The van der Waals surface area contributed by atoms with Crippen molar-refractivity contribution in [3.63, 3.8) is 0 Å². The zero-order valence-corrected chi connectivity index (χ0v) is 14.5. The lowest BCUT2D eigenvalue weighted by molar-refractivity contribution is -0.384. The number of nitrogens with zero attached hydrogens (tertiary/aromatic N) is 1. The minimum atomic E-state index is -3.76. The van der Waals surface area contributed by atoms with Crippen LogP contribution in [-0.2, 0) is 10.0 Å². The zero-order valence-electron chi connectivity index (χ0n) is 13.7. The molecule has 0 amide bonds. The molecule has 2 aromatic rings. The number of fused-ring (bicyclic) bond motifs is 3. The standard InChI is InChI=1S/C18H17N3O4S/c19-26(24,25)13-8-9-17-16(10-13)14-2-1-3-15(14)18(20-17)11-4-6-12(7-5-11)21(22)23/h1-2,4-10,14-15,18,20H,3H2,(H2,19,24,25)/t14-,15-,18+/m0/s1. The van der Waals surface area contributed by atoms with Crippen molar-refractivity contribution in [2.45, 2.75) is 23.3 Å². The van der Waals surface area contributed by atoms with E-state index in [0.29, 0.717) is 0 Å². The molecule has 8 heteroatoms. The summed E-state index contributed by atoms with van der Waals surface area (Å²) >= 11 is 0. The Morgan fingerprint density at radius 1 is 1.15 bits per heavy atom. The van der Waals surface area contributed by atoms with Crippen molar-refractivity contribution in [2.24, 2.45) is 11.1 Å². The SMILES string of the molecule is NS(=O)(=O)c1ccc2c(c1)[C@H]1C=CC[C@@H]1[C@@H](c1ccc([N+](=O)[O-])cc1)N2. The van der Waals surface area contributed by atoms with Crippen LogP contribution in [0.5, 0.6) is 0 Å². The van der Waals surface area contributed by atoms with Crippen molar-refractivity contribution in [3.8, 4) is 0 Å². The molecule has 0 unspecified atom stereocenters. The molecule has 3 atom stereocenters. The lowest BCUT2D eigenvalue weighted by Gasteiger charge is -2.37. The van der Waals surface area contributed by atoms with E-state index in [4.69, 9.17) is 5.14 Å². The van der Waals surface area contributed by atoms with E-state index in [2.05, 4.69) is 17.5 Å². The normalized spacial score (nSPS) is 23.8. The quantitative estimate of drug-likeness (QED) is 0.489. The highest BCUT2D eigenvalue weighted by atomic mass is 32.2. The molecule has 2 aromatic carbocycles. The molecule has 0 aromatic heterocycles. The van der Waals surface area contributed by atoms with E-state index in [1.54, 1.807) is 24.3 Å². The molecule has 26 heavy (non-hydrogen) atoms. The van der Waals surface area contributed by atoms with Gasteiger partial charge in [0, 0.05) is 23.7 Å². The summed E-state index contributed by atoms with van der Waals surface area (Å²) in [6, 6.07) is 11.4. The van der Waals surface area contributed by atoms with Crippen molar-refractivity contribution in [2.75, 3.05) is 5.32 Å².